The van der Waals surface area contributed by atoms with Crippen molar-refractivity contribution in [1.29, 1.82) is 0 Å². The summed E-state index contributed by atoms with van der Waals surface area (Å²) in [5, 5.41) is 5.08. The van der Waals surface area contributed by atoms with Gasteiger partial charge in [0.15, 0.2) is 16.8 Å². The molecule has 0 unspecified atom stereocenters. The van der Waals surface area contributed by atoms with Gasteiger partial charge < -0.3 is 5.32 Å². The summed E-state index contributed by atoms with van der Waals surface area (Å²) >= 11 is 1.30. The first-order valence-corrected chi connectivity index (χ1v) is 9.17. The molecule has 1 amide bonds. The molecule has 24 heavy (non-hydrogen) atoms. The minimum atomic E-state index is -0.901. The maximum atomic E-state index is 13.3. The van der Waals surface area contributed by atoms with E-state index in [2.05, 4.69) is 10.3 Å². The van der Waals surface area contributed by atoms with Crippen molar-refractivity contribution in [1.82, 2.24) is 4.98 Å². The second kappa shape index (κ2) is 6.24. The largest absolute Gasteiger partial charge is 0.302 e. The van der Waals surface area contributed by atoms with Gasteiger partial charge in [0.1, 0.15) is 0 Å². The third-order valence-corrected chi connectivity index (χ3v) is 6.06. The maximum Gasteiger partial charge on any atom is 0.226 e. The molecule has 2 aliphatic carbocycles. The third kappa shape index (κ3) is 3.07. The lowest BCUT2D eigenvalue weighted by atomic mass is 9.86. The number of thiazole rings is 1. The number of anilines is 1. The Hall–Kier alpha value is -1.82. The second-order valence-electron chi connectivity index (χ2n) is 6.85. The summed E-state index contributed by atoms with van der Waals surface area (Å²) in [5.74, 6) is 0.270. The minimum Gasteiger partial charge on any atom is -0.302 e. The fourth-order valence-corrected chi connectivity index (χ4v) is 4.89. The zero-order valence-electron chi connectivity index (χ0n) is 13.1. The van der Waals surface area contributed by atoms with Crippen LogP contribution in [0.5, 0.6) is 0 Å². The van der Waals surface area contributed by atoms with Gasteiger partial charge in [-0.1, -0.05) is 6.42 Å². The number of carbonyl (C=O) groups is 1. The Morgan fingerprint density at radius 3 is 2.83 bits per heavy atom. The highest BCUT2D eigenvalue weighted by Gasteiger charge is 2.40. The van der Waals surface area contributed by atoms with Gasteiger partial charge in [-0.05, 0) is 55.2 Å². The molecule has 6 heteroatoms. The molecule has 2 saturated carbocycles. The van der Waals surface area contributed by atoms with E-state index in [0.717, 1.165) is 24.0 Å². The van der Waals surface area contributed by atoms with Gasteiger partial charge in [-0.15, -0.1) is 11.3 Å². The number of nitrogens with zero attached hydrogens (tertiary/aromatic N) is 1. The van der Waals surface area contributed by atoms with Crippen LogP contribution in [0, 0.1) is 29.4 Å². The van der Waals surface area contributed by atoms with Gasteiger partial charge in [0.05, 0.1) is 5.69 Å². The lowest BCUT2D eigenvalue weighted by Gasteiger charge is -2.20. The van der Waals surface area contributed by atoms with Gasteiger partial charge in [-0.25, -0.2) is 13.8 Å². The summed E-state index contributed by atoms with van der Waals surface area (Å²) in [7, 11) is 0. The normalized spacial score (nSPS) is 25.2. The molecule has 1 aromatic carbocycles. The van der Waals surface area contributed by atoms with E-state index in [4.69, 9.17) is 0 Å². The van der Waals surface area contributed by atoms with Crippen molar-refractivity contribution in [3.8, 4) is 11.3 Å². The molecule has 1 N–H and O–H groups in total. The van der Waals surface area contributed by atoms with Crippen molar-refractivity contribution in [3.05, 3.63) is 35.2 Å². The summed E-state index contributed by atoms with van der Waals surface area (Å²) < 4.78 is 26.3. The lowest BCUT2D eigenvalue weighted by Crippen LogP contribution is -2.20. The minimum absolute atomic E-state index is 0.00117. The first-order chi connectivity index (χ1) is 11.6. The molecule has 2 fully saturated rings. The van der Waals surface area contributed by atoms with Crippen LogP contribution >= 0.6 is 11.3 Å². The molecule has 2 aromatic rings. The Morgan fingerprint density at radius 1 is 1.25 bits per heavy atom. The van der Waals surface area contributed by atoms with Crippen molar-refractivity contribution in [2.45, 2.75) is 32.1 Å². The van der Waals surface area contributed by atoms with E-state index >= 15 is 0 Å². The molecule has 0 spiro atoms. The summed E-state index contributed by atoms with van der Waals surface area (Å²) in [6, 6.07) is 3.68. The van der Waals surface area contributed by atoms with Crippen molar-refractivity contribution >= 4 is 22.4 Å². The van der Waals surface area contributed by atoms with Crippen LogP contribution in [0.4, 0.5) is 13.9 Å². The van der Waals surface area contributed by atoms with Gasteiger partial charge in [-0.2, -0.15) is 0 Å². The van der Waals surface area contributed by atoms with Gasteiger partial charge >= 0.3 is 0 Å². The van der Waals surface area contributed by atoms with Gasteiger partial charge in [0.2, 0.25) is 5.91 Å². The highest BCUT2D eigenvalue weighted by molar-refractivity contribution is 7.14. The molecule has 4 rings (SSSR count). The number of carbonyl (C=O) groups excluding carboxylic acids is 1. The lowest BCUT2D eigenvalue weighted by molar-refractivity contribution is -0.117. The average molecular weight is 348 g/mol. The van der Waals surface area contributed by atoms with E-state index in [1.165, 1.54) is 43.1 Å². The molecular weight excluding hydrogens is 330 g/mol. The molecule has 0 radical (unpaired) electrons. The molecular formula is C18H18F2N2OS. The Morgan fingerprint density at radius 2 is 2.12 bits per heavy atom. The Labute approximate surface area is 143 Å². The van der Waals surface area contributed by atoms with Crippen LogP contribution < -0.4 is 5.32 Å². The molecule has 1 heterocycles. The number of aromatic nitrogens is 1. The van der Waals surface area contributed by atoms with Crippen LogP contribution in [0.1, 0.15) is 32.1 Å². The molecule has 1 aromatic heterocycles. The van der Waals surface area contributed by atoms with E-state index in [-0.39, 0.29) is 5.91 Å². The highest BCUT2D eigenvalue weighted by Crippen LogP contribution is 2.49. The zero-order valence-corrected chi connectivity index (χ0v) is 13.9. The van der Waals surface area contributed by atoms with E-state index in [9.17, 15) is 13.6 Å². The van der Waals surface area contributed by atoms with Crippen LogP contribution in [-0.2, 0) is 4.79 Å². The quantitative estimate of drug-likeness (QED) is 0.858. The number of halogens is 2. The standard InChI is InChI=1S/C18H18F2N2OS/c19-14-4-3-12(7-15(14)20)16-9-24-18(21-16)22-17(23)8-13-6-10-1-2-11(13)5-10/h3-4,7,9-11,13H,1-2,5-6,8H2,(H,21,22,23)/t10-,11+,13+/m0/s1. The Kier molecular flexibility index (Phi) is 4.08. The number of benzene rings is 1. The van der Waals surface area contributed by atoms with Crippen LogP contribution in [0.25, 0.3) is 11.3 Å². The zero-order chi connectivity index (χ0) is 16.7. The van der Waals surface area contributed by atoms with Crippen LogP contribution in [-0.4, -0.2) is 10.9 Å². The fraction of sp³-hybridized carbons (Fsp3) is 0.444. The summed E-state index contributed by atoms with van der Waals surface area (Å²) in [4.78, 5) is 16.5. The SMILES string of the molecule is O=C(C[C@H]1C[C@H]2CC[C@@H]1C2)Nc1nc(-c2ccc(F)c(F)c2)cs1. The smallest absolute Gasteiger partial charge is 0.226 e. The number of amides is 1. The Bertz CT molecular complexity index is 776. The monoisotopic (exact) mass is 348 g/mol. The average Bonchev–Trinajstić information content (AvgIpc) is 3.26. The topological polar surface area (TPSA) is 42.0 Å². The molecule has 126 valence electrons. The maximum absolute atomic E-state index is 13.3. The van der Waals surface area contributed by atoms with Crippen LogP contribution in [0.15, 0.2) is 23.6 Å². The van der Waals surface area contributed by atoms with E-state index in [1.807, 2.05) is 0 Å². The van der Waals surface area contributed by atoms with Gasteiger partial charge in [0, 0.05) is 17.4 Å². The third-order valence-electron chi connectivity index (χ3n) is 5.30. The van der Waals surface area contributed by atoms with E-state index in [1.54, 1.807) is 5.38 Å². The van der Waals surface area contributed by atoms with Crippen molar-refractivity contribution in [2.24, 2.45) is 17.8 Å². The van der Waals surface area contributed by atoms with E-state index < -0.39 is 11.6 Å². The summed E-state index contributed by atoms with van der Waals surface area (Å²) in [6.07, 6.45) is 5.61. The van der Waals surface area contributed by atoms with Gasteiger partial charge in [-0.3, -0.25) is 4.79 Å². The predicted molar refractivity (Wildman–Crippen MR) is 89.7 cm³/mol. The predicted octanol–water partition coefficient (Wildman–Crippen LogP) is 4.85. The summed E-state index contributed by atoms with van der Waals surface area (Å²) in [5.41, 5.74) is 1.04. The molecule has 3 nitrogen and oxygen atoms in total. The fourth-order valence-electron chi connectivity index (χ4n) is 4.15. The first kappa shape index (κ1) is 15.7. The molecule has 2 aliphatic rings. The van der Waals surface area contributed by atoms with Crippen molar-refractivity contribution in [3.63, 3.8) is 0 Å². The Balaban J connectivity index is 1.39. The van der Waals surface area contributed by atoms with Crippen molar-refractivity contribution in [2.75, 3.05) is 5.32 Å². The van der Waals surface area contributed by atoms with E-state index in [0.29, 0.717) is 28.7 Å². The van der Waals surface area contributed by atoms with Gasteiger partial charge in [0.25, 0.3) is 0 Å². The molecule has 2 bridgehead atoms. The number of rotatable bonds is 4. The number of hydrogen-bond donors (Lipinski definition) is 1. The number of hydrogen-bond acceptors (Lipinski definition) is 3. The molecule has 3 atom stereocenters. The highest BCUT2D eigenvalue weighted by atomic mass is 32.1. The molecule has 0 saturated heterocycles. The number of fused-ring (bicyclic) bond motifs is 2. The summed E-state index contributed by atoms with van der Waals surface area (Å²) in [6.45, 7) is 0. The van der Waals surface area contributed by atoms with Crippen molar-refractivity contribution < 1.29 is 13.6 Å². The second-order valence-corrected chi connectivity index (χ2v) is 7.71. The number of nitrogens with one attached hydrogen (secondary N) is 1. The van der Waals surface area contributed by atoms with Crippen LogP contribution in [0.3, 0.4) is 0 Å². The molecule has 0 aliphatic heterocycles. The first-order valence-electron chi connectivity index (χ1n) is 8.29. The van der Waals surface area contributed by atoms with Crippen LogP contribution in [0.2, 0.25) is 0 Å².